The topological polar surface area (TPSA) is 98.1 Å². The zero-order chi connectivity index (χ0) is 14.1. The van der Waals surface area contributed by atoms with Gasteiger partial charge in [0.15, 0.2) is 4.47 Å². The normalized spacial score (nSPS) is 19.6. The van der Waals surface area contributed by atoms with Crippen molar-refractivity contribution in [2.75, 3.05) is 6.54 Å². The van der Waals surface area contributed by atoms with Gasteiger partial charge in [0.05, 0.1) is 6.04 Å². The second-order valence-electron chi connectivity index (χ2n) is 4.53. The molecule has 3 heterocycles. The molecular weight excluding hydrogens is 302 g/mol. The Morgan fingerprint density at radius 1 is 1.65 bits per heavy atom. The van der Waals surface area contributed by atoms with E-state index in [1.807, 2.05) is 0 Å². The van der Waals surface area contributed by atoms with E-state index >= 15 is 0 Å². The summed E-state index contributed by atoms with van der Waals surface area (Å²) >= 11 is 7.29. The Kier molecular flexibility index (Phi) is 3.68. The quantitative estimate of drug-likeness (QED) is 0.921. The maximum Gasteiger partial charge on any atom is 0.290 e. The van der Waals surface area contributed by atoms with Crippen molar-refractivity contribution < 1.29 is 9.32 Å². The Morgan fingerprint density at radius 2 is 2.50 bits per heavy atom. The Labute approximate surface area is 123 Å². The molecule has 1 atom stereocenters. The number of halogens is 1. The lowest BCUT2D eigenvalue weighted by Gasteiger charge is -2.20. The smallest absolute Gasteiger partial charge is 0.290 e. The number of nitrogens with two attached hydrogens (primary N) is 1. The Morgan fingerprint density at radius 3 is 3.15 bits per heavy atom. The standard InChI is InChI=1S/C11H12ClN5O2S/c12-11-14-4-6(20-11)5-17-3-1-2-7(17)10-15-9(8(13)18)16-19-10/h4,7H,1-3,5H2,(H2,13,18)/t7-/m0/s1. The van der Waals surface area contributed by atoms with E-state index in [0.717, 1.165) is 30.8 Å². The van der Waals surface area contributed by atoms with Crippen LogP contribution in [-0.2, 0) is 6.54 Å². The van der Waals surface area contributed by atoms with Crippen LogP contribution in [0, 0.1) is 0 Å². The number of carbonyl (C=O) groups excluding carboxylic acids is 1. The molecule has 1 amide bonds. The molecule has 2 aromatic heterocycles. The number of primary amides is 1. The molecule has 7 nitrogen and oxygen atoms in total. The van der Waals surface area contributed by atoms with Crippen LogP contribution >= 0.6 is 22.9 Å². The first-order valence-corrected chi connectivity index (χ1v) is 7.30. The minimum absolute atomic E-state index is 0.0106. The van der Waals surface area contributed by atoms with Gasteiger partial charge in [-0.05, 0) is 19.4 Å². The predicted octanol–water partition coefficient (Wildman–Crippen LogP) is 1.62. The highest BCUT2D eigenvalue weighted by atomic mass is 35.5. The first kappa shape index (κ1) is 13.5. The van der Waals surface area contributed by atoms with Crippen LogP contribution in [-0.4, -0.2) is 32.5 Å². The van der Waals surface area contributed by atoms with Gasteiger partial charge in [-0.1, -0.05) is 16.8 Å². The molecule has 2 N–H and O–H groups in total. The fourth-order valence-corrected chi connectivity index (χ4v) is 3.33. The number of likely N-dealkylation sites (tertiary alicyclic amines) is 1. The molecule has 1 aliphatic rings. The highest BCUT2D eigenvalue weighted by Crippen LogP contribution is 2.33. The number of aromatic nitrogens is 3. The van der Waals surface area contributed by atoms with Crippen LogP contribution in [0.25, 0.3) is 0 Å². The fraction of sp³-hybridized carbons (Fsp3) is 0.455. The van der Waals surface area contributed by atoms with Crippen LogP contribution in [0.2, 0.25) is 4.47 Å². The fourth-order valence-electron chi connectivity index (χ4n) is 2.32. The summed E-state index contributed by atoms with van der Waals surface area (Å²) in [6.07, 6.45) is 3.71. The molecule has 0 radical (unpaired) electrons. The van der Waals surface area contributed by atoms with Gasteiger partial charge >= 0.3 is 0 Å². The molecule has 0 saturated carbocycles. The van der Waals surface area contributed by atoms with Crippen LogP contribution in [0.1, 0.15) is 40.3 Å². The molecule has 1 aliphatic heterocycles. The number of hydrogen-bond donors (Lipinski definition) is 1. The molecule has 1 saturated heterocycles. The zero-order valence-corrected chi connectivity index (χ0v) is 12.0. The van der Waals surface area contributed by atoms with Gasteiger partial charge in [0.1, 0.15) is 0 Å². The van der Waals surface area contributed by atoms with Gasteiger partial charge < -0.3 is 10.3 Å². The van der Waals surface area contributed by atoms with Gasteiger partial charge in [-0.2, -0.15) is 4.98 Å². The van der Waals surface area contributed by atoms with Crippen molar-refractivity contribution in [1.29, 1.82) is 0 Å². The number of hydrogen-bond acceptors (Lipinski definition) is 7. The lowest BCUT2D eigenvalue weighted by atomic mass is 10.2. The Hall–Kier alpha value is -1.51. The number of rotatable bonds is 4. The lowest BCUT2D eigenvalue weighted by molar-refractivity contribution is 0.0987. The van der Waals surface area contributed by atoms with E-state index in [1.165, 1.54) is 11.3 Å². The summed E-state index contributed by atoms with van der Waals surface area (Å²) in [6.45, 7) is 1.65. The molecule has 2 aromatic rings. The molecule has 9 heteroatoms. The average Bonchev–Trinajstić information content (AvgIpc) is 3.10. The number of amides is 1. The largest absolute Gasteiger partial charge is 0.363 e. The average molecular weight is 314 g/mol. The van der Waals surface area contributed by atoms with Gasteiger partial charge in [-0.25, -0.2) is 4.98 Å². The van der Waals surface area contributed by atoms with Crippen molar-refractivity contribution in [3.8, 4) is 0 Å². The van der Waals surface area contributed by atoms with E-state index in [0.29, 0.717) is 10.4 Å². The second kappa shape index (κ2) is 5.47. The molecule has 0 aromatic carbocycles. The van der Waals surface area contributed by atoms with E-state index in [9.17, 15) is 4.79 Å². The number of thiazole rings is 1. The zero-order valence-electron chi connectivity index (χ0n) is 10.5. The van der Waals surface area contributed by atoms with Gasteiger partial charge in [0.2, 0.25) is 5.89 Å². The monoisotopic (exact) mass is 313 g/mol. The van der Waals surface area contributed by atoms with E-state index in [4.69, 9.17) is 21.9 Å². The summed E-state index contributed by atoms with van der Waals surface area (Å²) in [5.41, 5.74) is 5.13. The predicted molar refractivity (Wildman–Crippen MR) is 72.3 cm³/mol. The third-order valence-electron chi connectivity index (χ3n) is 3.20. The molecule has 0 bridgehead atoms. The van der Waals surface area contributed by atoms with Crippen molar-refractivity contribution in [3.05, 3.63) is 27.3 Å². The first-order valence-electron chi connectivity index (χ1n) is 6.11. The molecule has 1 fully saturated rings. The number of carbonyl (C=O) groups is 1. The summed E-state index contributed by atoms with van der Waals surface area (Å²) in [5, 5.41) is 3.59. The molecule has 3 rings (SSSR count). The van der Waals surface area contributed by atoms with Crippen LogP contribution in [0.15, 0.2) is 10.7 Å². The molecule has 0 aliphatic carbocycles. The lowest BCUT2D eigenvalue weighted by Crippen LogP contribution is -2.22. The van der Waals surface area contributed by atoms with E-state index < -0.39 is 5.91 Å². The third-order valence-corrected chi connectivity index (χ3v) is 4.29. The van der Waals surface area contributed by atoms with E-state index in [2.05, 4.69) is 20.0 Å². The Bertz CT molecular complexity index is 628. The summed E-state index contributed by atoms with van der Waals surface area (Å²) in [4.78, 5) is 22.4. The van der Waals surface area contributed by atoms with Crippen LogP contribution in [0.3, 0.4) is 0 Å². The van der Waals surface area contributed by atoms with Crippen molar-refractivity contribution in [1.82, 2.24) is 20.0 Å². The Balaban J connectivity index is 1.76. The third kappa shape index (κ3) is 2.67. The highest BCUT2D eigenvalue weighted by molar-refractivity contribution is 7.15. The van der Waals surface area contributed by atoms with E-state index in [1.54, 1.807) is 6.20 Å². The SMILES string of the molecule is NC(=O)c1noc([C@@H]2CCCN2Cc2cnc(Cl)s2)n1. The van der Waals surface area contributed by atoms with Crippen molar-refractivity contribution >= 4 is 28.8 Å². The molecule has 0 spiro atoms. The van der Waals surface area contributed by atoms with Crippen LogP contribution in [0.5, 0.6) is 0 Å². The molecule has 20 heavy (non-hydrogen) atoms. The van der Waals surface area contributed by atoms with Crippen LogP contribution < -0.4 is 5.73 Å². The first-order chi connectivity index (χ1) is 9.63. The molecule has 0 unspecified atom stereocenters. The maximum atomic E-state index is 11.0. The van der Waals surface area contributed by atoms with Gasteiger partial charge in [0, 0.05) is 17.6 Å². The van der Waals surface area contributed by atoms with Crippen molar-refractivity contribution in [3.63, 3.8) is 0 Å². The summed E-state index contributed by atoms with van der Waals surface area (Å²) < 4.78 is 5.67. The summed E-state index contributed by atoms with van der Waals surface area (Å²) in [5.74, 6) is -0.321. The van der Waals surface area contributed by atoms with Crippen molar-refractivity contribution in [2.45, 2.75) is 25.4 Å². The van der Waals surface area contributed by atoms with Gasteiger partial charge in [-0.15, -0.1) is 11.3 Å². The number of nitrogens with zero attached hydrogens (tertiary/aromatic N) is 4. The second-order valence-corrected chi connectivity index (χ2v) is 6.23. The minimum atomic E-state index is -0.682. The van der Waals surface area contributed by atoms with Crippen molar-refractivity contribution in [2.24, 2.45) is 5.73 Å². The maximum absolute atomic E-state index is 11.0. The highest BCUT2D eigenvalue weighted by Gasteiger charge is 2.31. The van der Waals surface area contributed by atoms with E-state index in [-0.39, 0.29) is 11.9 Å². The molecule has 106 valence electrons. The minimum Gasteiger partial charge on any atom is -0.363 e. The van der Waals surface area contributed by atoms with Gasteiger partial charge in [-0.3, -0.25) is 9.69 Å². The summed E-state index contributed by atoms with van der Waals surface area (Å²) in [7, 11) is 0. The summed E-state index contributed by atoms with van der Waals surface area (Å²) in [6, 6.07) is 0.0106. The molecular formula is C11H12ClN5O2S. The van der Waals surface area contributed by atoms with Crippen LogP contribution in [0.4, 0.5) is 0 Å². The van der Waals surface area contributed by atoms with Gasteiger partial charge in [0.25, 0.3) is 11.7 Å².